The SMILES string of the molecule is CN(CCO)C(=O)C1(OC(=O)OCc2ccccc2)CCN(Cc2ccc(-c3noc(-c4ccc(-c5ccccc5)c(F)c4)n3)cc2)CC1. The maximum Gasteiger partial charge on any atom is 0.509 e. The summed E-state index contributed by atoms with van der Waals surface area (Å²) < 4.78 is 31.5. The van der Waals surface area contributed by atoms with Crippen LogP contribution in [0.25, 0.3) is 34.0 Å². The topological polar surface area (TPSA) is 118 Å². The highest BCUT2D eigenvalue weighted by Gasteiger charge is 2.47. The molecule has 1 saturated heterocycles. The fraction of sp³-hybridized carbons (Fsp3) is 0.263. The maximum absolute atomic E-state index is 14.9. The van der Waals surface area contributed by atoms with Crippen molar-refractivity contribution in [1.29, 1.82) is 0 Å². The van der Waals surface area contributed by atoms with Crippen molar-refractivity contribution in [1.82, 2.24) is 19.9 Å². The molecule has 1 N–H and O–H groups in total. The van der Waals surface area contributed by atoms with Crippen LogP contribution in [0.4, 0.5) is 9.18 Å². The molecule has 1 aromatic heterocycles. The van der Waals surface area contributed by atoms with Crippen LogP contribution in [0.1, 0.15) is 24.0 Å². The lowest BCUT2D eigenvalue weighted by atomic mass is 9.89. The van der Waals surface area contributed by atoms with E-state index in [9.17, 15) is 19.1 Å². The third-order valence-corrected chi connectivity index (χ3v) is 8.66. The number of aliphatic hydroxyl groups excluding tert-OH is 1. The zero-order valence-electron chi connectivity index (χ0n) is 27.1. The zero-order valence-corrected chi connectivity index (χ0v) is 27.1. The van der Waals surface area contributed by atoms with Crippen LogP contribution in [0.3, 0.4) is 0 Å². The number of ether oxygens (including phenoxy) is 2. The number of rotatable bonds is 11. The normalized spacial score (nSPS) is 14.3. The van der Waals surface area contributed by atoms with E-state index in [1.54, 1.807) is 19.2 Å². The Labute approximate surface area is 283 Å². The van der Waals surface area contributed by atoms with Gasteiger partial charge in [-0.05, 0) is 28.8 Å². The van der Waals surface area contributed by atoms with Gasteiger partial charge in [0.2, 0.25) is 5.82 Å². The number of piperidine rings is 1. The first-order valence-electron chi connectivity index (χ1n) is 16.1. The summed E-state index contributed by atoms with van der Waals surface area (Å²) in [6.07, 6.45) is -0.352. The van der Waals surface area contributed by atoms with Gasteiger partial charge >= 0.3 is 6.16 Å². The van der Waals surface area contributed by atoms with E-state index in [2.05, 4.69) is 15.0 Å². The van der Waals surface area contributed by atoms with Crippen molar-refractivity contribution in [3.8, 4) is 34.0 Å². The zero-order chi connectivity index (χ0) is 34.2. The molecule has 4 aromatic carbocycles. The highest BCUT2D eigenvalue weighted by Crippen LogP contribution is 2.31. The fourth-order valence-electron chi connectivity index (χ4n) is 5.91. The fourth-order valence-corrected chi connectivity index (χ4v) is 5.91. The first-order valence-corrected chi connectivity index (χ1v) is 16.1. The van der Waals surface area contributed by atoms with Crippen LogP contribution in [-0.2, 0) is 27.4 Å². The smallest absolute Gasteiger partial charge is 0.429 e. The highest BCUT2D eigenvalue weighted by molar-refractivity contribution is 5.87. The molecule has 1 amide bonds. The summed E-state index contributed by atoms with van der Waals surface area (Å²) in [6, 6.07) is 31.2. The Morgan fingerprint density at radius 3 is 2.24 bits per heavy atom. The molecule has 0 saturated carbocycles. The summed E-state index contributed by atoms with van der Waals surface area (Å²) in [5, 5.41) is 13.5. The van der Waals surface area contributed by atoms with Gasteiger partial charge in [-0.1, -0.05) is 96.2 Å². The molecule has 1 fully saturated rings. The second kappa shape index (κ2) is 15.2. The molecule has 0 bridgehead atoms. The molecule has 1 aliphatic rings. The van der Waals surface area contributed by atoms with Crippen LogP contribution in [0.5, 0.6) is 0 Å². The molecule has 252 valence electrons. The molecule has 0 unspecified atom stereocenters. The molecule has 0 atom stereocenters. The first-order chi connectivity index (χ1) is 23.8. The van der Waals surface area contributed by atoms with Crippen LogP contribution in [-0.4, -0.2) is 76.0 Å². The van der Waals surface area contributed by atoms with Gasteiger partial charge in [0.05, 0.1) is 6.61 Å². The number of hydrogen-bond acceptors (Lipinski definition) is 9. The molecular formula is C38H37FN4O6. The molecule has 0 spiro atoms. The molecule has 10 nitrogen and oxygen atoms in total. The van der Waals surface area contributed by atoms with Gasteiger partial charge in [0, 0.05) is 62.8 Å². The van der Waals surface area contributed by atoms with Gasteiger partial charge < -0.3 is 24.0 Å². The summed E-state index contributed by atoms with van der Waals surface area (Å²) in [5.41, 5.74) is 2.97. The van der Waals surface area contributed by atoms with Crippen molar-refractivity contribution in [2.45, 2.75) is 31.6 Å². The summed E-state index contributed by atoms with van der Waals surface area (Å²) >= 11 is 0. The molecule has 11 heteroatoms. The standard InChI is InChI=1S/C38H37FN4O6/c1-42(22-23-44)36(45)38(48-37(46)47-26-28-8-4-2-5-9-28)18-20-43(21-19-38)25-27-12-14-30(15-13-27)34-40-35(49-41-34)31-16-17-32(33(39)24-31)29-10-6-3-7-11-29/h2-17,24,44H,18-23,25-26H2,1H3. The van der Waals surface area contributed by atoms with Crippen molar-refractivity contribution in [3.63, 3.8) is 0 Å². The lowest BCUT2D eigenvalue weighted by molar-refractivity contribution is -0.159. The predicted octanol–water partition coefficient (Wildman–Crippen LogP) is 6.35. The Bertz CT molecular complexity index is 1860. The van der Waals surface area contributed by atoms with E-state index in [-0.39, 0.29) is 50.2 Å². The Hall–Kier alpha value is -5.39. The number of aromatic nitrogens is 2. The number of amides is 1. The Balaban J connectivity index is 1.07. The van der Waals surface area contributed by atoms with Gasteiger partial charge in [-0.2, -0.15) is 4.98 Å². The number of carbonyl (C=O) groups is 2. The van der Waals surface area contributed by atoms with Crippen LogP contribution >= 0.6 is 0 Å². The average Bonchev–Trinajstić information content (AvgIpc) is 3.63. The van der Waals surface area contributed by atoms with Gasteiger partial charge in [-0.3, -0.25) is 9.69 Å². The molecule has 5 aromatic rings. The second-order valence-electron chi connectivity index (χ2n) is 12.0. The number of aliphatic hydroxyl groups is 1. The van der Waals surface area contributed by atoms with Crippen molar-refractivity contribution in [2.24, 2.45) is 0 Å². The van der Waals surface area contributed by atoms with E-state index in [4.69, 9.17) is 14.0 Å². The molecule has 2 heterocycles. The largest absolute Gasteiger partial charge is 0.509 e. The number of likely N-dealkylation sites (N-methyl/N-ethyl adjacent to an activating group) is 1. The predicted molar refractivity (Wildman–Crippen MR) is 180 cm³/mol. The minimum atomic E-state index is -1.39. The van der Waals surface area contributed by atoms with Gasteiger partial charge in [-0.15, -0.1) is 0 Å². The molecule has 49 heavy (non-hydrogen) atoms. The van der Waals surface area contributed by atoms with Crippen LogP contribution in [0.2, 0.25) is 0 Å². The average molecular weight is 665 g/mol. The summed E-state index contributed by atoms with van der Waals surface area (Å²) in [6.45, 7) is 1.56. The molecule has 0 aliphatic carbocycles. The van der Waals surface area contributed by atoms with Crippen molar-refractivity contribution < 1.29 is 33.1 Å². The minimum absolute atomic E-state index is 0.0319. The van der Waals surface area contributed by atoms with Gasteiger partial charge in [-0.25, -0.2) is 9.18 Å². The van der Waals surface area contributed by atoms with Crippen molar-refractivity contribution in [2.75, 3.05) is 33.3 Å². The van der Waals surface area contributed by atoms with Crippen molar-refractivity contribution in [3.05, 3.63) is 120 Å². The van der Waals surface area contributed by atoms with Crippen LogP contribution < -0.4 is 0 Å². The van der Waals surface area contributed by atoms with Gasteiger partial charge in [0.25, 0.3) is 11.8 Å². The summed E-state index contributed by atoms with van der Waals surface area (Å²) in [5.74, 6) is -0.131. The Morgan fingerprint density at radius 2 is 1.57 bits per heavy atom. The number of nitrogens with zero attached hydrogens (tertiary/aromatic N) is 4. The number of hydrogen-bond donors (Lipinski definition) is 1. The van der Waals surface area contributed by atoms with Crippen LogP contribution in [0.15, 0.2) is 108 Å². The third kappa shape index (κ3) is 8.02. The molecule has 0 radical (unpaired) electrons. The van der Waals surface area contributed by atoms with E-state index in [1.165, 1.54) is 11.0 Å². The van der Waals surface area contributed by atoms with E-state index in [0.717, 1.165) is 22.3 Å². The Kier molecular flexibility index (Phi) is 10.4. The second-order valence-corrected chi connectivity index (χ2v) is 12.0. The first kappa shape index (κ1) is 33.5. The number of benzene rings is 4. The quantitative estimate of drug-likeness (QED) is 0.161. The number of likely N-dealkylation sites (tertiary alicyclic amines) is 1. The monoisotopic (exact) mass is 664 g/mol. The van der Waals surface area contributed by atoms with Crippen LogP contribution in [0, 0.1) is 5.82 Å². The maximum atomic E-state index is 14.9. The lowest BCUT2D eigenvalue weighted by Gasteiger charge is -2.41. The Morgan fingerprint density at radius 1 is 0.898 bits per heavy atom. The molecular weight excluding hydrogens is 627 g/mol. The van der Waals surface area contributed by atoms with E-state index < -0.39 is 11.8 Å². The van der Waals surface area contributed by atoms with E-state index >= 15 is 0 Å². The summed E-state index contributed by atoms with van der Waals surface area (Å²) in [7, 11) is 1.58. The summed E-state index contributed by atoms with van der Waals surface area (Å²) in [4.78, 5) is 34.3. The van der Waals surface area contributed by atoms with E-state index in [1.807, 2.05) is 84.9 Å². The lowest BCUT2D eigenvalue weighted by Crippen LogP contribution is -2.56. The van der Waals surface area contributed by atoms with Gasteiger partial charge in [0.1, 0.15) is 12.4 Å². The minimum Gasteiger partial charge on any atom is -0.429 e. The molecule has 6 rings (SSSR count). The number of halogens is 1. The van der Waals surface area contributed by atoms with Crippen molar-refractivity contribution >= 4 is 12.1 Å². The number of carbonyl (C=O) groups excluding carboxylic acids is 2. The van der Waals surface area contributed by atoms with Gasteiger partial charge in [0.15, 0.2) is 5.60 Å². The third-order valence-electron chi connectivity index (χ3n) is 8.66. The molecule has 1 aliphatic heterocycles. The van der Waals surface area contributed by atoms with E-state index in [0.29, 0.717) is 36.6 Å². The highest BCUT2D eigenvalue weighted by atomic mass is 19.1.